The number of anilines is 2. The molecule has 0 saturated heterocycles. The number of halogens is 2. The van der Waals surface area contributed by atoms with Crippen molar-refractivity contribution in [3.05, 3.63) is 86.4 Å². The van der Waals surface area contributed by atoms with Crippen LogP contribution in [0.15, 0.2) is 59.4 Å². The van der Waals surface area contributed by atoms with Crippen LogP contribution >= 0.6 is 23.2 Å². The maximum absolute atomic E-state index is 12.8. The second kappa shape index (κ2) is 8.24. The Morgan fingerprint density at radius 1 is 1.04 bits per heavy atom. The van der Waals surface area contributed by atoms with Gasteiger partial charge >= 0.3 is 6.03 Å². The van der Waals surface area contributed by atoms with Crippen molar-refractivity contribution in [2.75, 3.05) is 10.6 Å². The molecule has 0 saturated carbocycles. The summed E-state index contributed by atoms with van der Waals surface area (Å²) < 4.78 is 1.47. The molecular formula is C19H16Cl2N4O2. The van der Waals surface area contributed by atoms with E-state index in [4.69, 9.17) is 23.2 Å². The van der Waals surface area contributed by atoms with Crippen molar-refractivity contribution in [1.29, 1.82) is 0 Å². The fraction of sp³-hybridized carbons (Fsp3) is 0.105. The van der Waals surface area contributed by atoms with Crippen LogP contribution in [0.2, 0.25) is 10.2 Å². The molecule has 1 aromatic heterocycles. The van der Waals surface area contributed by atoms with Gasteiger partial charge in [-0.15, -0.1) is 0 Å². The molecule has 138 valence electrons. The second-order valence-electron chi connectivity index (χ2n) is 5.80. The molecule has 0 spiro atoms. The molecule has 27 heavy (non-hydrogen) atoms. The van der Waals surface area contributed by atoms with Gasteiger partial charge in [0.2, 0.25) is 5.82 Å². The fourth-order valence-electron chi connectivity index (χ4n) is 2.46. The van der Waals surface area contributed by atoms with Crippen molar-refractivity contribution in [3.8, 4) is 0 Å². The van der Waals surface area contributed by atoms with Crippen molar-refractivity contribution in [2.24, 2.45) is 0 Å². The van der Waals surface area contributed by atoms with Crippen LogP contribution in [-0.2, 0) is 6.54 Å². The lowest BCUT2D eigenvalue weighted by Crippen LogP contribution is -2.31. The number of nitrogens with zero attached hydrogens (tertiary/aromatic N) is 2. The first-order chi connectivity index (χ1) is 12.9. The molecule has 0 aliphatic rings. The summed E-state index contributed by atoms with van der Waals surface area (Å²) >= 11 is 12.0. The van der Waals surface area contributed by atoms with E-state index in [1.165, 1.54) is 4.57 Å². The summed E-state index contributed by atoms with van der Waals surface area (Å²) in [6.07, 6.45) is 0. The summed E-state index contributed by atoms with van der Waals surface area (Å²) in [5, 5.41) is 5.76. The predicted molar refractivity (Wildman–Crippen MR) is 108 cm³/mol. The average Bonchev–Trinajstić information content (AvgIpc) is 2.66. The van der Waals surface area contributed by atoms with Gasteiger partial charge in [-0.2, -0.15) is 0 Å². The molecule has 1 heterocycles. The van der Waals surface area contributed by atoms with Crippen molar-refractivity contribution in [2.45, 2.75) is 13.5 Å². The molecule has 0 atom stereocenters. The smallest absolute Gasteiger partial charge is 0.308 e. The molecular weight excluding hydrogens is 387 g/mol. The highest BCUT2D eigenvalue weighted by Gasteiger charge is 2.15. The predicted octanol–water partition coefficient (Wildman–Crippen LogP) is 4.55. The number of rotatable bonds is 4. The van der Waals surface area contributed by atoms with Gasteiger partial charge in [0, 0.05) is 10.7 Å². The van der Waals surface area contributed by atoms with Gasteiger partial charge in [-0.25, -0.2) is 9.78 Å². The maximum atomic E-state index is 12.8. The zero-order valence-electron chi connectivity index (χ0n) is 14.4. The first kappa shape index (κ1) is 18.9. The van der Waals surface area contributed by atoms with E-state index < -0.39 is 11.6 Å². The number of aromatic nitrogens is 2. The number of benzene rings is 2. The summed E-state index contributed by atoms with van der Waals surface area (Å²) in [6, 6.07) is 15.4. The van der Waals surface area contributed by atoms with Crippen LogP contribution in [0.25, 0.3) is 0 Å². The summed E-state index contributed by atoms with van der Waals surface area (Å²) in [6.45, 7) is 2.03. The third kappa shape index (κ3) is 4.67. The zero-order chi connectivity index (χ0) is 19.4. The number of amides is 2. The van der Waals surface area contributed by atoms with Gasteiger partial charge in [0.25, 0.3) is 5.56 Å². The average molecular weight is 403 g/mol. The third-order valence-corrected chi connectivity index (χ3v) is 4.49. The molecule has 2 aromatic carbocycles. The summed E-state index contributed by atoms with van der Waals surface area (Å²) in [7, 11) is 0. The first-order valence-corrected chi connectivity index (χ1v) is 8.84. The monoisotopic (exact) mass is 402 g/mol. The molecule has 0 radical (unpaired) electrons. The van der Waals surface area contributed by atoms with Crippen molar-refractivity contribution in [1.82, 2.24) is 9.55 Å². The Kier molecular flexibility index (Phi) is 5.78. The first-order valence-electron chi connectivity index (χ1n) is 8.08. The molecule has 0 fully saturated rings. The van der Waals surface area contributed by atoms with Gasteiger partial charge in [0.05, 0.1) is 12.2 Å². The molecule has 0 aliphatic heterocycles. The van der Waals surface area contributed by atoms with Crippen LogP contribution in [0.4, 0.5) is 16.3 Å². The molecule has 3 rings (SSSR count). The van der Waals surface area contributed by atoms with E-state index in [9.17, 15) is 9.59 Å². The Morgan fingerprint density at radius 3 is 2.37 bits per heavy atom. The number of hydrogen-bond donors (Lipinski definition) is 2. The normalized spacial score (nSPS) is 10.5. The van der Waals surface area contributed by atoms with E-state index in [0.29, 0.717) is 22.9 Å². The number of carbonyl (C=O) groups is 1. The lowest BCUT2D eigenvalue weighted by molar-refractivity contribution is 0.262. The van der Waals surface area contributed by atoms with Gasteiger partial charge in [-0.1, -0.05) is 53.5 Å². The molecule has 2 N–H and O–H groups in total. The van der Waals surface area contributed by atoms with E-state index in [0.717, 1.165) is 5.56 Å². The van der Waals surface area contributed by atoms with Gasteiger partial charge in [-0.05, 0) is 36.8 Å². The third-order valence-electron chi connectivity index (χ3n) is 3.88. The lowest BCUT2D eigenvalue weighted by Gasteiger charge is -2.14. The number of urea groups is 1. The van der Waals surface area contributed by atoms with Crippen LogP contribution in [0, 0.1) is 6.92 Å². The highest BCUT2D eigenvalue weighted by Crippen LogP contribution is 2.16. The summed E-state index contributed by atoms with van der Waals surface area (Å²) in [5.41, 5.74) is 1.54. The molecule has 6 nitrogen and oxygen atoms in total. The van der Waals surface area contributed by atoms with Crippen LogP contribution in [-0.4, -0.2) is 15.6 Å². The molecule has 8 heteroatoms. The van der Waals surface area contributed by atoms with Gasteiger partial charge in [0.15, 0.2) is 5.15 Å². The van der Waals surface area contributed by atoms with E-state index in [2.05, 4.69) is 15.6 Å². The van der Waals surface area contributed by atoms with Crippen molar-refractivity contribution >= 4 is 40.7 Å². The Hall–Kier alpha value is -2.83. The maximum Gasteiger partial charge on any atom is 0.325 e. The van der Waals surface area contributed by atoms with E-state index in [1.54, 1.807) is 31.2 Å². The van der Waals surface area contributed by atoms with Crippen molar-refractivity contribution < 1.29 is 4.79 Å². The topological polar surface area (TPSA) is 76.0 Å². The van der Waals surface area contributed by atoms with Crippen LogP contribution in [0.1, 0.15) is 11.3 Å². The zero-order valence-corrected chi connectivity index (χ0v) is 15.9. The standard InChI is InChI=1S/C19H16Cl2N4O2/c1-12-16(21)23-17(18(26)25(12)11-13-5-3-2-4-6-13)24-19(27)22-15-9-7-14(20)8-10-15/h2-10H,11H2,1H3,(H2,22,23,24,27). The van der Waals surface area contributed by atoms with Gasteiger partial charge in [0.1, 0.15) is 0 Å². The SMILES string of the molecule is Cc1c(Cl)nc(NC(=O)Nc2ccc(Cl)cc2)c(=O)n1Cc1ccccc1. The second-order valence-corrected chi connectivity index (χ2v) is 6.59. The number of hydrogen-bond acceptors (Lipinski definition) is 3. The van der Waals surface area contributed by atoms with Crippen LogP contribution in [0.5, 0.6) is 0 Å². The Labute approximate surface area is 165 Å². The number of carbonyl (C=O) groups excluding carboxylic acids is 1. The van der Waals surface area contributed by atoms with E-state index in [1.807, 2.05) is 30.3 Å². The Morgan fingerprint density at radius 2 is 1.70 bits per heavy atom. The van der Waals surface area contributed by atoms with Gasteiger partial charge < -0.3 is 9.88 Å². The van der Waals surface area contributed by atoms with Crippen LogP contribution < -0.4 is 16.2 Å². The quantitative estimate of drug-likeness (QED) is 0.671. The largest absolute Gasteiger partial charge is 0.325 e. The minimum Gasteiger partial charge on any atom is -0.308 e. The van der Waals surface area contributed by atoms with Crippen molar-refractivity contribution in [3.63, 3.8) is 0 Å². The molecule has 0 aliphatic carbocycles. The minimum atomic E-state index is -0.604. The van der Waals surface area contributed by atoms with Gasteiger partial charge in [-0.3, -0.25) is 10.1 Å². The highest BCUT2D eigenvalue weighted by molar-refractivity contribution is 6.30. The Bertz CT molecular complexity index is 1020. The summed E-state index contributed by atoms with van der Waals surface area (Å²) in [4.78, 5) is 29.0. The van der Waals surface area contributed by atoms with E-state index >= 15 is 0 Å². The lowest BCUT2D eigenvalue weighted by atomic mass is 10.2. The Balaban J connectivity index is 1.84. The van der Waals surface area contributed by atoms with Crippen LogP contribution in [0.3, 0.4) is 0 Å². The highest BCUT2D eigenvalue weighted by atomic mass is 35.5. The van der Waals surface area contributed by atoms with E-state index in [-0.39, 0.29) is 11.0 Å². The minimum absolute atomic E-state index is 0.145. The summed E-state index contributed by atoms with van der Waals surface area (Å²) in [5.74, 6) is -0.145. The molecule has 0 unspecified atom stereocenters. The number of nitrogens with one attached hydrogen (secondary N) is 2. The molecule has 2 amide bonds. The fourth-order valence-corrected chi connectivity index (χ4v) is 2.77. The molecule has 3 aromatic rings. The molecule has 0 bridgehead atoms.